The van der Waals surface area contributed by atoms with Gasteiger partial charge >= 0.3 is 5.97 Å². The number of aryl methyl sites for hydroxylation is 1. The number of nitrogens with one attached hydrogen (secondary N) is 1. The summed E-state index contributed by atoms with van der Waals surface area (Å²) < 4.78 is 19.1. The Hall–Kier alpha value is -3.22. The molecule has 30 heavy (non-hydrogen) atoms. The van der Waals surface area contributed by atoms with Crippen LogP contribution in [0.25, 0.3) is 0 Å². The second-order valence-electron chi connectivity index (χ2n) is 7.68. The van der Waals surface area contributed by atoms with E-state index in [1.807, 2.05) is 18.2 Å². The number of halogens is 1. The summed E-state index contributed by atoms with van der Waals surface area (Å²) >= 11 is 0. The summed E-state index contributed by atoms with van der Waals surface area (Å²) in [6.45, 7) is -0.363. The number of hydrogen-bond acceptors (Lipinski definition) is 4. The number of hydrogen-bond donors (Lipinski definition) is 1. The first-order valence-electron chi connectivity index (χ1n) is 10.1. The molecule has 156 valence electrons. The van der Waals surface area contributed by atoms with Gasteiger partial charge in [0.25, 0.3) is 5.91 Å². The number of fused-ring (bicyclic) bond motifs is 1. The standard InChI is InChI=1S/C23H23FN2O4/c24-18-9-3-4-11-20(18)26-13-16(12-22(26)28)23(29)30-14-21(27)25-19-10-5-7-15-6-1-2-8-17(15)19/h1-4,6,8-9,11,16,19H,5,7,10,12-14H2,(H,25,27)/t16-,19+/m1/s1. The predicted octanol–water partition coefficient (Wildman–Crippen LogP) is 2.92. The summed E-state index contributed by atoms with van der Waals surface area (Å²) in [7, 11) is 0. The highest BCUT2D eigenvalue weighted by Gasteiger charge is 2.37. The van der Waals surface area contributed by atoms with Gasteiger partial charge in [0, 0.05) is 13.0 Å². The van der Waals surface area contributed by atoms with E-state index >= 15 is 0 Å². The zero-order valence-electron chi connectivity index (χ0n) is 16.5. The molecule has 1 heterocycles. The number of esters is 1. The average molecular weight is 410 g/mol. The molecule has 2 atom stereocenters. The fraction of sp³-hybridized carbons (Fsp3) is 0.348. The summed E-state index contributed by atoms with van der Waals surface area (Å²) in [5.74, 6) is -2.58. The van der Waals surface area contributed by atoms with Crippen LogP contribution in [0.4, 0.5) is 10.1 Å². The van der Waals surface area contributed by atoms with Crippen molar-refractivity contribution in [3.8, 4) is 0 Å². The molecule has 0 aromatic heterocycles. The van der Waals surface area contributed by atoms with Crippen molar-refractivity contribution in [1.82, 2.24) is 5.32 Å². The van der Waals surface area contributed by atoms with Gasteiger partial charge < -0.3 is 15.0 Å². The minimum atomic E-state index is -0.722. The van der Waals surface area contributed by atoms with Crippen molar-refractivity contribution in [2.45, 2.75) is 31.7 Å². The first kappa shape index (κ1) is 20.1. The number of ether oxygens (including phenoxy) is 1. The van der Waals surface area contributed by atoms with Crippen LogP contribution < -0.4 is 10.2 Å². The third-order valence-electron chi connectivity index (χ3n) is 5.65. The molecular formula is C23H23FN2O4. The van der Waals surface area contributed by atoms with Gasteiger partial charge in [-0.05, 0) is 42.5 Å². The van der Waals surface area contributed by atoms with Gasteiger partial charge in [0.05, 0.1) is 17.6 Å². The Morgan fingerprint density at radius 1 is 1.13 bits per heavy atom. The van der Waals surface area contributed by atoms with Gasteiger partial charge in [-0.15, -0.1) is 0 Å². The van der Waals surface area contributed by atoms with Crippen LogP contribution in [0.1, 0.15) is 36.4 Å². The number of anilines is 1. The quantitative estimate of drug-likeness (QED) is 0.769. The van der Waals surface area contributed by atoms with Crippen LogP contribution in [0, 0.1) is 11.7 Å². The van der Waals surface area contributed by atoms with E-state index in [4.69, 9.17) is 4.74 Å². The molecule has 0 radical (unpaired) electrons. The molecule has 1 aliphatic heterocycles. The van der Waals surface area contributed by atoms with Gasteiger partial charge in [-0.1, -0.05) is 36.4 Å². The van der Waals surface area contributed by atoms with E-state index in [1.54, 1.807) is 6.07 Å². The maximum Gasteiger partial charge on any atom is 0.311 e. The molecule has 2 aliphatic rings. The fourth-order valence-electron chi connectivity index (χ4n) is 4.16. The first-order chi connectivity index (χ1) is 14.5. The van der Waals surface area contributed by atoms with Crippen molar-refractivity contribution in [1.29, 1.82) is 0 Å². The molecule has 0 bridgehead atoms. The van der Waals surface area contributed by atoms with Crippen molar-refractivity contribution >= 4 is 23.5 Å². The number of benzene rings is 2. The van der Waals surface area contributed by atoms with Crippen molar-refractivity contribution in [3.05, 3.63) is 65.5 Å². The Bertz CT molecular complexity index is 977. The molecule has 2 aromatic rings. The number of amides is 2. The molecule has 1 fully saturated rings. The van der Waals surface area contributed by atoms with E-state index in [2.05, 4.69) is 11.4 Å². The third kappa shape index (κ3) is 4.20. The summed E-state index contributed by atoms with van der Waals surface area (Å²) in [5, 5.41) is 2.93. The monoisotopic (exact) mass is 410 g/mol. The lowest BCUT2D eigenvalue weighted by Crippen LogP contribution is -2.35. The fourth-order valence-corrected chi connectivity index (χ4v) is 4.16. The second-order valence-corrected chi connectivity index (χ2v) is 7.68. The SMILES string of the molecule is O=C(COC(=O)[C@@H]1CC(=O)N(c2ccccc2F)C1)N[C@H]1CCCc2ccccc21. The molecule has 1 saturated heterocycles. The van der Waals surface area contributed by atoms with Gasteiger partial charge in [-0.3, -0.25) is 14.4 Å². The zero-order valence-corrected chi connectivity index (χ0v) is 16.5. The smallest absolute Gasteiger partial charge is 0.311 e. The van der Waals surface area contributed by atoms with Crippen LogP contribution >= 0.6 is 0 Å². The van der Waals surface area contributed by atoms with Crippen LogP contribution in [-0.2, 0) is 25.5 Å². The van der Waals surface area contributed by atoms with E-state index in [0.717, 1.165) is 24.8 Å². The Kier molecular flexibility index (Phi) is 5.79. The Morgan fingerprint density at radius 3 is 2.73 bits per heavy atom. The average Bonchev–Trinajstić information content (AvgIpc) is 3.14. The maximum atomic E-state index is 14.0. The van der Waals surface area contributed by atoms with Crippen molar-refractivity contribution in [2.24, 2.45) is 5.92 Å². The third-order valence-corrected chi connectivity index (χ3v) is 5.65. The molecule has 6 nitrogen and oxygen atoms in total. The number of para-hydroxylation sites is 1. The highest BCUT2D eigenvalue weighted by atomic mass is 19.1. The second kappa shape index (κ2) is 8.65. The van der Waals surface area contributed by atoms with Crippen LogP contribution in [0.3, 0.4) is 0 Å². The van der Waals surface area contributed by atoms with E-state index in [0.29, 0.717) is 0 Å². The van der Waals surface area contributed by atoms with Gasteiger partial charge in [0.15, 0.2) is 6.61 Å². The molecule has 2 amide bonds. The van der Waals surface area contributed by atoms with E-state index in [-0.39, 0.29) is 36.5 Å². The molecule has 0 saturated carbocycles. The number of carbonyl (C=O) groups excluding carboxylic acids is 3. The molecule has 0 spiro atoms. The Labute approximate surface area is 174 Å². The van der Waals surface area contributed by atoms with E-state index in [1.165, 1.54) is 28.7 Å². The molecule has 0 unspecified atom stereocenters. The maximum absolute atomic E-state index is 14.0. The minimum Gasteiger partial charge on any atom is -0.455 e. The zero-order chi connectivity index (χ0) is 21.1. The molecule has 2 aromatic carbocycles. The largest absolute Gasteiger partial charge is 0.455 e. The highest BCUT2D eigenvalue weighted by molar-refractivity contribution is 5.99. The highest BCUT2D eigenvalue weighted by Crippen LogP contribution is 2.30. The predicted molar refractivity (Wildman–Crippen MR) is 108 cm³/mol. The molecule has 1 N–H and O–H groups in total. The normalized spacial score (nSPS) is 20.6. The summed E-state index contributed by atoms with van der Waals surface area (Å²) in [6, 6.07) is 13.8. The Morgan fingerprint density at radius 2 is 1.90 bits per heavy atom. The van der Waals surface area contributed by atoms with Crippen molar-refractivity contribution in [2.75, 3.05) is 18.1 Å². The molecule has 7 heteroatoms. The molecule has 1 aliphatic carbocycles. The van der Waals surface area contributed by atoms with Gasteiger partial charge in [-0.2, -0.15) is 0 Å². The lowest BCUT2D eigenvalue weighted by molar-refractivity contribution is -0.152. The van der Waals surface area contributed by atoms with E-state index < -0.39 is 24.3 Å². The number of rotatable bonds is 5. The number of nitrogens with zero attached hydrogens (tertiary/aromatic N) is 1. The number of carbonyl (C=O) groups is 3. The Balaban J connectivity index is 1.31. The van der Waals surface area contributed by atoms with Gasteiger partial charge in [0.2, 0.25) is 5.91 Å². The van der Waals surface area contributed by atoms with E-state index in [9.17, 15) is 18.8 Å². The van der Waals surface area contributed by atoms with Crippen molar-refractivity contribution in [3.63, 3.8) is 0 Å². The van der Waals surface area contributed by atoms with Crippen LogP contribution in [0.15, 0.2) is 48.5 Å². The van der Waals surface area contributed by atoms with Crippen LogP contribution in [-0.4, -0.2) is 30.9 Å². The minimum absolute atomic E-state index is 0.0379. The van der Waals surface area contributed by atoms with Crippen LogP contribution in [0.5, 0.6) is 0 Å². The first-order valence-corrected chi connectivity index (χ1v) is 10.1. The lowest BCUT2D eigenvalue weighted by atomic mass is 9.88. The molecular weight excluding hydrogens is 387 g/mol. The summed E-state index contributed by atoms with van der Waals surface area (Å²) in [5.41, 5.74) is 2.47. The summed E-state index contributed by atoms with van der Waals surface area (Å²) in [6.07, 6.45) is 2.75. The van der Waals surface area contributed by atoms with Crippen LogP contribution in [0.2, 0.25) is 0 Å². The summed E-state index contributed by atoms with van der Waals surface area (Å²) in [4.78, 5) is 38.2. The van der Waals surface area contributed by atoms with Gasteiger partial charge in [0.1, 0.15) is 5.82 Å². The lowest BCUT2D eigenvalue weighted by Gasteiger charge is -2.26. The van der Waals surface area contributed by atoms with Crippen molar-refractivity contribution < 1.29 is 23.5 Å². The topological polar surface area (TPSA) is 75.7 Å². The van der Waals surface area contributed by atoms with Gasteiger partial charge in [-0.25, -0.2) is 4.39 Å². The molecule has 4 rings (SSSR count).